The van der Waals surface area contributed by atoms with Gasteiger partial charge in [-0.2, -0.15) is 5.10 Å². The van der Waals surface area contributed by atoms with E-state index in [0.717, 1.165) is 28.1 Å². The number of amides is 2. The standard InChI is InChI=1S/C22H26N4O3/c1-16(27)10-11-26(20-8-6-18(7-9-20)19-14-24-25-15-19)22(28)23-13-17-4-3-5-21(12-17)29-2/h3-9,12,14-16,27H,10-11,13H2,1-2H3,(H,23,28)(H,24,25). The molecule has 0 aliphatic heterocycles. The fraction of sp³-hybridized carbons (Fsp3) is 0.273. The zero-order valence-corrected chi connectivity index (χ0v) is 16.6. The number of hydrogen-bond acceptors (Lipinski definition) is 4. The first-order valence-electron chi connectivity index (χ1n) is 9.52. The summed E-state index contributed by atoms with van der Waals surface area (Å²) in [5.74, 6) is 0.748. The summed E-state index contributed by atoms with van der Waals surface area (Å²) in [6.45, 7) is 2.51. The number of carbonyl (C=O) groups is 1. The Balaban J connectivity index is 1.72. The summed E-state index contributed by atoms with van der Waals surface area (Å²) >= 11 is 0. The molecular formula is C22H26N4O3. The maximum absolute atomic E-state index is 12.9. The largest absolute Gasteiger partial charge is 0.497 e. The highest BCUT2D eigenvalue weighted by Gasteiger charge is 2.16. The minimum Gasteiger partial charge on any atom is -0.497 e. The highest BCUT2D eigenvalue weighted by molar-refractivity contribution is 5.92. The quantitative estimate of drug-likeness (QED) is 0.545. The molecule has 2 amide bonds. The van der Waals surface area contributed by atoms with Crippen molar-refractivity contribution in [3.05, 3.63) is 66.5 Å². The van der Waals surface area contributed by atoms with Gasteiger partial charge >= 0.3 is 6.03 Å². The van der Waals surface area contributed by atoms with Crippen LogP contribution in [-0.2, 0) is 6.54 Å². The molecule has 0 fully saturated rings. The van der Waals surface area contributed by atoms with Crippen molar-refractivity contribution in [3.8, 4) is 16.9 Å². The third-order valence-electron chi connectivity index (χ3n) is 4.60. The molecule has 1 atom stereocenters. The van der Waals surface area contributed by atoms with Crippen molar-refractivity contribution < 1.29 is 14.6 Å². The van der Waals surface area contributed by atoms with Crippen molar-refractivity contribution in [2.24, 2.45) is 0 Å². The zero-order chi connectivity index (χ0) is 20.6. The van der Waals surface area contributed by atoms with E-state index in [2.05, 4.69) is 15.5 Å². The maximum atomic E-state index is 12.9. The summed E-state index contributed by atoms with van der Waals surface area (Å²) in [6, 6.07) is 15.1. The molecule has 2 aromatic carbocycles. The molecule has 3 rings (SSSR count). The lowest BCUT2D eigenvalue weighted by atomic mass is 10.1. The van der Waals surface area contributed by atoms with Crippen LogP contribution in [0.5, 0.6) is 5.75 Å². The van der Waals surface area contributed by atoms with Crippen LogP contribution in [-0.4, -0.2) is 41.1 Å². The number of nitrogens with one attached hydrogen (secondary N) is 2. The molecule has 0 radical (unpaired) electrons. The van der Waals surface area contributed by atoms with Crippen LogP contribution < -0.4 is 15.0 Å². The highest BCUT2D eigenvalue weighted by atomic mass is 16.5. The van der Waals surface area contributed by atoms with Crippen LogP contribution >= 0.6 is 0 Å². The predicted molar refractivity (Wildman–Crippen MR) is 113 cm³/mol. The van der Waals surface area contributed by atoms with Crippen LogP contribution in [0, 0.1) is 0 Å². The average molecular weight is 394 g/mol. The van der Waals surface area contributed by atoms with Crippen LogP contribution in [0.15, 0.2) is 60.9 Å². The van der Waals surface area contributed by atoms with Crippen molar-refractivity contribution in [1.82, 2.24) is 15.5 Å². The van der Waals surface area contributed by atoms with E-state index in [0.29, 0.717) is 19.5 Å². The summed E-state index contributed by atoms with van der Waals surface area (Å²) in [5.41, 5.74) is 3.70. The van der Waals surface area contributed by atoms with Gasteiger partial charge < -0.3 is 15.2 Å². The predicted octanol–water partition coefficient (Wildman–Crippen LogP) is 3.57. The van der Waals surface area contributed by atoms with Crippen molar-refractivity contribution >= 4 is 11.7 Å². The normalized spacial score (nSPS) is 11.7. The number of aromatic amines is 1. The van der Waals surface area contributed by atoms with E-state index >= 15 is 0 Å². The van der Waals surface area contributed by atoms with Crippen LogP contribution in [0.25, 0.3) is 11.1 Å². The number of rotatable bonds is 8. The van der Waals surface area contributed by atoms with Crippen LogP contribution in [0.2, 0.25) is 0 Å². The average Bonchev–Trinajstić information content (AvgIpc) is 3.28. The van der Waals surface area contributed by atoms with E-state index in [9.17, 15) is 9.90 Å². The maximum Gasteiger partial charge on any atom is 0.322 e. The summed E-state index contributed by atoms with van der Waals surface area (Å²) < 4.78 is 5.23. The number of carbonyl (C=O) groups excluding carboxylic acids is 1. The van der Waals surface area contributed by atoms with Gasteiger partial charge in [-0.1, -0.05) is 24.3 Å². The van der Waals surface area contributed by atoms with Gasteiger partial charge in [-0.3, -0.25) is 10.00 Å². The Morgan fingerprint density at radius 3 is 2.69 bits per heavy atom. The van der Waals surface area contributed by atoms with Crippen LogP contribution in [0.1, 0.15) is 18.9 Å². The summed E-state index contributed by atoms with van der Waals surface area (Å²) in [5, 5.41) is 19.4. The van der Waals surface area contributed by atoms with Gasteiger partial charge in [-0.05, 0) is 48.7 Å². The Bertz CT molecular complexity index is 908. The van der Waals surface area contributed by atoms with E-state index in [-0.39, 0.29) is 6.03 Å². The SMILES string of the molecule is COc1cccc(CNC(=O)N(CCC(C)O)c2ccc(-c3cn[nH]c3)cc2)c1. The number of hydrogen-bond donors (Lipinski definition) is 3. The molecule has 0 spiro atoms. The Morgan fingerprint density at radius 1 is 1.24 bits per heavy atom. The first kappa shape index (κ1) is 20.4. The first-order valence-corrected chi connectivity index (χ1v) is 9.52. The molecule has 1 unspecified atom stereocenters. The minimum absolute atomic E-state index is 0.218. The molecule has 29 heavy (non-hydrogen) atoms. The number of urea groups is 1. The molecule has 3 aromatic rings. The van der Waals surface area contributed by atoms with Crippen molar-refractivity contribution in [2.75, 3.05) is 18.6 Å². The summed E-state index contributed by atoms with van der Waals surface area (Å²) in [6.07, 6.45) is 3.56. The van der Waals surface area contributed by atoms with Crippen molar-refractivity contribution in [1.29, 1.82) is 0 Å². The number of aliphatic hydroxyl groups is 1. The Hall–Kier alpha value is -3.32. The molecule has 152 valence electrons. The third-order valence-corrected chi connectivity index (χ3v) is 4.60. The van der Waals surface area contributed by atoms with Crippen LogP contribution in [0.3, 0.4) is 0 Å². The number of anilines is 1. The summed E-state index contributed by atoms with van der Waals surface area (Å²) in [7, 11) is 1.61. The van der Waals surface area contributed by atoms with Crippen molar-refractivity contribution in [3.63, 3.8) is 0 Å². The van der Waals surface area contributed by atoms with Gasteiger partial charge in [0.25, 0.3) is 0 Å². The second kappa shape index (κ2) is 9.75. The number of ether oxygens (including phenoxy) is 1. The van der Waals surface area contributed by atoms with E-state index in [1.807, 2.05) is 54.7 Å². The lowest BCUT2D eigenvalue weighted by Gasteiger charge is -2.24. The van der Waals surface area contributed by atoms with Gasteiger partial charge in [0.1, 0.15) is 5.75 Å². The van der Waals surface area contributed by atoms with E-state index in [4.69, 9.17) is 4.74 Å². The van der Waals surface area contributed by atoms with Crippen LogP contribution in [0.4, 0.5) is 10.5 Å². The van der Waals surface area contributed by atoms with Gasteiger partial charge in [0, 0.05) is 30.5 Å². The topological polar surface area (TPSA) is 90.5 Å². The summed E-state index contributed by atoms with van der Waals surface area (Å²) in [4.78, 5) is 14.5. The fourth-order valence-corrected chi connectivity index (χ4v) is 2.96. The number of benzene rings is 2. The molecule has 1 aromatic heterocycles. The highest BCUT2D eigenvalue weighted by Crippen LogP contribution is 2.23. The van der Waals surface area contributed by atoms with E-state index < -0.39 is 6.10 Å². The van der Waals surface area contributed by atoms with Gasteiger partial charge in [-0.25, -0.2) is 4.79 Å². The Labute approximate surface area is 170 Å². The number of methoxy groups -OCH3 is 1. The fourth-order valence-electron chi connectivity index (χ4n) is 2.96. The van der Waals surface area contributed by atoms with E-state index in [1.54, 1.807) is 25.1 Å². The number of aliphatic hydroxyl groups excluding tert-OH is 1. The molecule has 7 heteroatoms. The van der Waals surface area contributed by atoms with Gasteiger partial charge in [0.05, 0.1) is 19.4 Å². The number of H-pyrrole nitrogens is 1. The molecule has 7 nitrogen and oxygen atoms in total. The molecule has 1 heterocycles. The zero-order valence-electron chi connectivity index (χ0n) is 16.6. The molecular weight excluding hydrogens is 368 g/mol. The molecule has 0 saturated carbocycles. The Morgan fingerprint density at radius 2 is 2.03 bits per heavy atom. The van der Waals surface area contributed by atoms with Gasteiger partial charge in [0.2, 0.25) is 0 Å². The molecule has 0 bridgehead atoms. The van der Waals surface area contributed by atoms with Gasteiger partial charge in [-0.15, -0.1) is 0 Å². The molecule has 0 aliphatic carbocycles. The number of aromatic nitrogens is 2. The second-order valence-corrected chi connectivity index (χ2v) is 6.83. The molecule has 0 aliphatic rings. The minimum atomic E-state index is -0.492. The van der Waals surface area contributed by atoms with Crippen molar-refractivity contribution in [2.45, 2.75) is 26.0 Å². The lowest BCUT2D eigenvalue weighted by molar-refractivity contribution is 0.186. The van der Waals surface area contributed by atoms with Gasteiger partial charge in [0.15, 0.2) is 0 Å². The third kappa shape index (κ3) is 5.58. The Kier molecular flexibility index (Phi) is 6.86. The molecule has 3 N–H and O–H groups in total. The first-order chi connectivity index (χ1) is 14.1. The smallest absolute Gasteiger partial charge is 0.322 e. The van der Waals surface area contributed by atoms with E-state index in [1.165, 1.54) is 0 Å². The number of nitrogens with zero attached hydrogens (tertiary/aromatic N) is 2. The molecule has 0 saturated heterocycles. The monoisotopic (exact) mass is 394 g/mol. The second-order valence-electron chi connectivity index (χ2n) is 6.83. The lowest BCUT2D eigenvalue weighted by Crippen LogP contribution is -2.41.